The van der Waals surface area contributed by atoms with E-state index in [9.17, 15) is 4.79 Å². The third-order valence-corrected chi connectivity index (χ3v) is 5.26. The summed E-state index contributed by atoms with van der Waals surface area (Å²) in [5, 5.41) is 7.64. The van der Waals surface area contributed by atoms with Gasteiger partial charge in [0.05, 0.1) is 24.2 Å². The zero-order chi connectivity index (χ0) is 22.5. The fourth-order valence-corrected chi connectivity index (χ4v) is 3.51. The third-order valence-electron chi connectivity index (χ3n) is 5.26. The van der Waals surface area contributed by atoms with Gasteiger partial charge in [0.2, 0.25) is 11.8 Å². The number of nitrogens with zero attached hydrogens (tertiary/aromatic N) is 2. The van der Waals surface area contributed by atoms with Crippen LogP contribution in [0.25, 0.3) is 5.69 Å². The number of aryl methyl sites for hydroxylation is 3. The molecule has 0 saturated carbocycles. The van der Waals surface area contributed by atoms with Crippen molar-refractivity contribution in [1.82, 2.24) is 15.1 Å². The molecule has 0 radical (unpaired) electrons. The lowest BCUT2D eigenvalue weighted by atomic mass is 10.1. The van der Waals surface area contributed by atoms with Gasteiger partial charge in [0.15, 0.2) is 0 Å². The SMILES string of the molecule is Cc1ccc(Oc2c(CCC(=O)NCc3ccco3)c(C)nn2-c2cccc(C)c2)cc1. The molecule has 0 bridgehead atoms. The maximum Gasteiger partial charge on any atom is 0.226 e. The number of hydrogen-bond donors (Lipinski definition) is 1. The molecule has 6 nitrogen and oxygen atoms in total. The molecular formula is C26H27N3O3. The number of amides is 1. The highest BCUT2D eigenvalue weighted by atomic mass is 16.5. The van der Waals surface area contributed by atoms with Gasteiger partial charge in [-0.05, 0) is 69.2 Å². The molecule has 0 saturated heterocycles. The molecule has 4 aromatic rings. The van der Waals surface area contributed by atoms with Crippen LogP contribution in [0, 0.1) is 20.8 Å². The first-order chi connectivity index (χ1) is 15.5. The van der Waals surface area contributed by atoms with Crippen LogP contribution >= 0.6 is 0 Å². The van der Waals surface area contributed by atoms with Gasteiger partial charge in [0, 0.05) is 12.0 Å². The summed E-state index contributed by atoms with van der Waals surface area (Å²) in [4.78, 5) is 12.4. The number of benzene rings is 2. The molecule has 0 unspecified atom stereocenters. The van der Waals surface area contributed by atoms with E-state index in [1.165, 1.54) is 0 Å². The first kappa shape index (κ1) is 21.4. The quantitative estimate of drug-likeness (QED) is 0.405. The van der Waals surface area contributed by atoms with Gasteiger partial charge in [0.25, 0.3) is 0 Å². The van der Waals surface area contributed by atoms with Gasteiger partial charge in [-0.25, -0.2) is 4.68 Å². The third kappa shape index (κ3) is 5.09. The van der Waals surface area contributed by atoms with Gasteiger partial charge in [-0.2, -0.15) is 5.10 Å². The number of carbonyl (C=O) groups is 1. The van der Waals surface area contributed by atoms with Crippen molar-refractivity contribution in [3.8, 4) is 17.3 Å². The van der Waals surface area contributed by atoms with Crippen LogP contribution in [-0.4, -0.2) is 15.7 Å². The fraction of sp³-hybridized carbons (Fsp3) is 0.231. The molecule has 0 aliphatic carbocycles. The van der Waals surface area contributed by atoms with Crippen molar-refractivity contribution in [3.05, 3.63) is 95.1 Å². The van der Waals surface area contributed by atoms with Gasteiger partial charge in [-0.15, -0.1) is 0 Å². The predicted octanol–water partition coefficient (Wildman–Crippen LogP) is 5.43. The maximum atomic E-state index is 12.4. The average Bonchev–Trinajstić information content (AvgIpc) is 3.40. The van der Waals surface area contributed by atoms with Gasteiger partial charge in [0.1, 0.15) is 11.5 Å². The van der Waals surface area contributed by atoms with E-state index < -0.39 is 0 Å². The second kappa shape index (κ2) is 9.56. The minimum atomic E-state index is -0.0506. The van der Waals surface area contributed by atoms with Crippen LogP contribution in [0.3, 0.4) is 0 Å². The molecule has 2 aromatic carbocycles. The molecule has 1 N–H and O–H groups in total. The number of ether oxygens (including phenoxy) is 1. The van der Waals surface area contributed by atoms with Gasteiger partial charge >= 0.3 is 0 Å². The summed E-state index contributed by atoms with van der Waals surface area (Å²) < 4.78 is 13.4. The molecule has 2 heterocycles. The lowest BCUT2D eigenvalue weighted by Crippen LogP contribution is -2.22. The Morgan fingerprint density at radius 1 is 1.03 bits per heavy atom. The summed E-state index contributed by atoms with van der Waals surface area (Å²) in [6, 6.07) is 19.7. The summed E-state index contributed by atoms with van der Waals surface area (Å²) in [5.74, 6) is 2.04. The van der Waals surface area contributed by atoms with E-state index in [0.717, 1.165) is 39.6 Å². The molecule has 4 rings (SSSR count). The zero-order valence-corrected chi connectivity index (χ0v) is 18.6. The van der Waals surface area contributed by atoms with Crippen molar-refractivity contribution in [1.29, 1.82) is 0 Å². The van der Waals surface area contributed by atoms with Crippen molar-refractivity contribution in [2.24, 2.45) is 0 Å². The Bertz CT molecular complexity index is 1190. The highest BCUT2D eigenvalue weighted by molar-refractivity contribution is 5.76. The average molecular weight is 430 g/mol. The first-order valence-corrected chi connectivity index (χ1v) is 10.7. The zero-order valence-electron chi connectivity index (χ0n) is 18.6. The van der Waals surface area contributed by atoms with Crippen molar-refractivity contribution in [3.63, 3.8) is 0 Å². The number of hydrogen-bond acceptors (Lipinski definition) is 4. The lowest BCUT2D eigenvalue weighted by molar-refractivity contribution is -0.121. The summed E-state index contributed by atoms with van der Waals surface area (Å²) >= 11 is 0. The fourth-order valence-electron chi connectivity index (χ4n) is 3.51. The monoisotopic (exact) mass is 429 g/mol. The van der Waals surface area contributed by atoms with Gasteiger partial charge in [-0.3, -0.25) is 4.79 Å². The highest BCUT2D eigenvalue weighted by Gasteiger charge is 2.20. The Labute approximate surface area is 187 Å². The largest absolute Gasteiger partial charge is 0.467 e. The van der Waals surface area contributed by atoms with E-state index in [2.05, 4.69) is 11.4 Å². The molecule has 6 heteroatoms. The summed E-state index contributed by atoms with van der Waals surface area (Å²) in [7, 11) is 0. The van der Waals surface area contributed by atoms with Crippen LogP contribution in [0.1, 0.15) is 34.6 Å². The van der Waals surface area contributed by atoms with Crippen molar-refractivity contribution in [2.75, 3.05) is 0 Å². The Morgan fingerprint density at radius 3 is 2.56 bits per heavy atom. The van der Waals surface area contributed by atoms with E-state index in [1.54, 1.807) is 12.3 Å². The van der Waals surface area contributed by atoms with E-state index in [1.807, 2.05) is 74.0 Å². The van der Waals surface area contributed by atoms with Crippen molar-refractivity contribution < 1.29 is 13.9 Å². The summed E-state index contributed by atoms with van der Waals surface area (Å²) in [6.45, 7) is 6.41. The maximum absolute atomic E-state index is 12.4. The normalized spacial score (nSPS) is 10.8. The van der Waals surface area contributed by atoms with Crippen LogP contribution in [0.4, 0.5) is 0 Å². The Hall–Kier alpha value is -3.80. The smallest absolute Gasteiger partial charge is 0.226 e. The second-order valence-corrected chi connectivity index (χ2v) is 7.89. The molecule has 0 fully saturated rings. The predicted molar refractivity (Wildman–Crippen MR) is 123 cm³/mol. The van der Waals surface area contributed by atoms with Gasteiger partial charge < -0.3 is 14.5 Å². The van der Waals surface area contributed by atoms with Crippen LogP contribution in [0.2, 0.25) is 0 Å². The molecule has 32 heavy (non-hydrogen) atoms. The van der Waals surface area contributed by atoms with E-state index in [0.29, 0.717) is 25.3 Å². The minimum Gasteiger partial charge on any atom is -0.467 e. The van der Waals surface area contributed by atoms with Crippen LogP contribution < -0.4 is 10.1 Å². The molecule has 0 spiro atoms. The van der Waals surface area contributed by atoms with E-state index >= 15 is 0 Å². The summed E-state index contributed by atoms with van der Waals surface area (Å²) in [5.41, 5.74) is 4.97. The molecular weight excluding hydrogens is 402 g/mol. The number of nitrogens with one attached hydrogen (secondary N) is 1. The Kier molecular flexibility index (Phi) is 6.40. The number of aromatic nitrogens is 2. The minimum absolute atomic E-state index is 0.0506. The topological polar surface area (TPSA) is 69.3 Å². The molecule has 0 aliphatic rings. The number of furan rings is 1. The summed E-state index contributed by atoms with van der Waals surface area (Å²) in [6.07, 6.45) is 2.44. The number of carbonyl (C=O) groups excluding carboxylic acids is 1. The molecule has 0 aliphatic heterocycles. The number of rotatable bonds is 8. The highest BCUT2D eigenvalue weighted by Crippen LogP contribution is 2.32. The molecule has 164 valence electrons. The lowest BCUT2D eigenvalue weighted by Gasteiger charge is -2.12. The van der Waals surface area contributed by atoms with Crippen LogP contribution in [0.5, 0.6) is 11.6 Å². The molecule has 2 aromatic heterocycles. The van der Waals surface area contributed by atoms with Crippen LogP contribution in [0.15, 0.2) is 71.3 Å². The second-order valence-electron chi connectivity index (χ2n) is 7.89. The first-order valence-electron chi connectivity index (χ1n) is 10.7. The van der Waals surface area contributed by atoms with E-state index in [4.69, 9.17) is 14.3 Å². The molecule has 1 amide bonds. The van der Waals surface area contributed by atoms with Crippen LogP contribution in [-0.2, 0) is 17.8 Å². The standard InChI is InChI=1S/C26H27N3O3/c1-18-9-11-22(12-10-18)32-26-24(13-14-25(30)27-17-23-8-5-15-31-23)20(3)28-29(26)21-7-4-6-19(2)16-21/h4-12,15-16H,13-14,17H2,1-3H3,(H,27,30). The molecule has 0 atom stereocenters. The Balaban J connectivity index is 1.58. The van der Waals surface area contributed by atoms with E-state index in [-0.39, 0.29) is 5.91 Å². The van der Waals surface area contributed by atoms with Gasteiger partial charge in [-0.1, -0.05) is 29.8 Å². The van der Waals surface area contributed by atoms with Crippen molar-refractivity contribution >= 4 is 5.91 Å². The van der Waals surface area contributed by atoms with Crippen molar-refractivity contribution in [2.45, 2.75) is 40.2 Å². The Morgan fingerprint density at radius 2 is 1.84 bits per heavy atom.